The first-order valence-corrected chi connectivity index (χ1v) is 4.41. The van der Waals surface area contributed by atoms with E-state index in [1.165, 1.54) is 20.8 Å². The molecule has 0 amide bonds. The summed E-state index contributed by atoms with van der Waals surface area (Å²) < 4.78 is 0. The van der Waals surface area contributed by atoms with Crippen LogP contribution < -0.4 is 15.3 Å². The minimum atomic E-state index is -0.995. The summed E-state index contributed by atoms with van der Waals surface area (Å²) in [4.78, 5) is 27.8. The van der Waals surface area contributed by atoms with Gasteiger partial charge in [-0.15, -0.1) is 0 Å². The topological polar surface area (TPSA) is 120 Å². The molecule has 0 aromatic heterocycles. The molecular formula is C9H15O6Rh. The molecule has 0 aliphatic rings. The van der Waals surface area contributed by atoms with Crippen LogP contribution in [0.5, 0.6) is 0 Å². The predicted octanol–water partition coefficient (Wildman–Crippen LogP) is -2.56. The second kappa shape index (κ2) is 19.6. The molecule has 0 saturated heterocycles. The zero-order valence-corrected chi connectivity index (χ0v) is 11.0. The van der Waals surface area contributed by atoms with Crippen molar-refractivity contribution in [2.45, 2.75) is 40.0 Å². The van der Waals surface area contributed by atoms with E-state index in [4.69, 9.17) is 0 Å². The van der Waals surface area contributed by atoms with Crippen molar-refractivity contribution < 1.29 is 49.2 Å². The van der Waals surface area contributed by atoms with Gasteiger partial charge < -0.3 is 29.7 Å². The smallest absolute Gasteiger partial charge is 0.550 e. The Labute approximate surface area is 107 Å². The van der Waals surface area contributed by atoms with Crippen LogP contribution in [0, 0.1) is 0 Å². The van der Waals surface area contributed by atoms with Crippen LogP contribution in [-0.4, -0.2) is 17.9 Å². The minimum absolute atomic E-state index is 0. The Morgan fingerprint density at radius 3 is 0.750 bits per heavy atom. The molecule has 0 atom stereocenters. The third-order valence-corrected chi connectivity index (χ3v) is 0.866. The molecule has 0 aromatic carbocycles. The number of hydrogen-bond donors (Lipinski definition) is 0. The van der Waals surface area contributed by atoms with Gasteiger partial charge >= 0.3 is 19.5 Å². The maximum absolute atomic E-state index is 9.26. The van der Waals surface area contributed by atoms with Crippen LogP contribution in [-0.2, 0) is 33.9 Å². The zero-order valence-electron chi connectivity index (χ0n) is 9.40. The molecule has 16 heavy (non-hydrogen) atoms. The Morgan fingerprint density at radius 1 is 0.688 bits per heavy atom. The van der Waals surface area contributed by atoms with E-state index in [1.807, 2.05) is 0 Å². The Balaban J connectivity index is -0.0000000655. The van der Waals surface area contributed by atoms with E-state index in [9.17, 15) is 29.7 Å². The molecule has 0 unspecified atom stereocenters. The first-order chi connectivity index (χ1) is 6.81. The predicted molar refractivity (Wildman–Crippen MR) is 45.9 cm³/mol. The van der Waals surface area contributed by atoms with Gasteiger partial charge in [0.05, 0.1) is 0 Å². The van der Waals surface area contributed by atoms with Gasteiger partial charge in [0.25, 0.3) is 0 Å². The average Bonchev–Trinajstić information content (AvgIpc) is 2.19. The van der Waals surface area contributed by atoms with Crippen LogP contribution in [0.25, 0.3) is 0 Å². The van der Waals surface area contributed by atoms with Crippen LogP contribution in [0.4, 0.5) is 0 Å². The molecule has 0 N–H and O–H groups in total. The number of carboxylic acids is 3. The molecule has 6 nitrogen and oxygen atoms in total. The van der Waals surface area contributed by atoms with Crippen molar-refractivity contribution in [3.05, 3.63) is 0 Å². The molecule has 0 spiro atoms. The first-order valence-electron chi connectivity index (χ1n) is 4.41. The van der Waals surface area contributed by atoms with Crippen LogP contribution in [0.3, 0.4) is 0 Å². The maximum atomic E-state index is 9.26. The summed E-state index contributed by atoms with van der Waals surface area (Å²) in [5.74, 6) is -2.99. The third-order valence-electron chi connectivity index (χ3n) is 0.866. The fourth-order valence-corrected chi connectivity index (χ4v) is 0. The van der Waals surface area contributed by atoms with Crippen LogP contribution in [0.15, 0.2) is 0 Å². The maximum Gasteiger partial charge on any atom is 3.00 e. The third kappa shape index (κ3) is 74.5. The molecule has 96 valence electrons. The number of hydrogen-bond acceptors (Lipinski definition) is 6. The number of carbonyl (C=O) groups is 3. The number of carbonyl (C=O) groups excluding carboxylic acids is 3. The summed E-state index contributed by atoms with van der Waals surface area (Å²) in [6, 6.07) is 0. The number of aliphatic carboxylic acids is 3. The van der Waals surface area contributed by atoms with Gasteiger partial charge in [-0.2, -0.15) is 0 Å². The number of rotatable bonds is 3. The molecule has 7 heteroatoms. The fourth-order valence-electron chi connectivity index (χ4n) is 0. The molecule has 0 aromatic rings. The largest absolute Gasteiger partial charge is 3.00 e. The molecule has 0 aliphatic carbocycles. The van der Waals surface area contributed by atoms with Gasteiger partial charge in [-0.3, -0.25) is 0 Å². The molecule has 0 saturated carbocycles. The van der Waals surface area contributed by atoms with Crippen molar-refractivity contribution in [1.82, 2.24) is 0 Å². The van der Waals surface area contributed by atoms with Gasteiger partial charge in [0.2, 0.25) is 0 Å². The Kier molecular flexibility index (Phi) is 29.8. The molecular weight excluding hydrogens is 307 g/mol. The molecule has 0 fully saturated rings. The van der Waals surface area contributed by atoms with Gasteiger partial charge in [-0.25, -0.2) is 0 Å². The Morgan fingerprint density at radius 2 is 0.750 bits per heavy atom. The van der Waals surface area contributed by atoms with Gasteiger partial charge in [0, 0.05) is 17.9 Å². The zero-order chi connectivity index (χ0) is 12.9. The van der Waals surface area contributed by atoms with Crippen molar-refractivity contribution in [1.29, 1.82) is 0 Å². The Bertz CT molecular complexity index is 159. The molecule has 0 bridgehead atoms. The minimum Gasteiger partial charge on any atom is -0.550 e. The van der Waals surface area contributed by atoms with E-state index < -0.39 is 17.9 Å². The van der Waals surface area contributed by atoms with E-state index in [1.54, 1.807) is 0 Å². The molecule has 0 aliphatic heterocycles. The van der Waals surface area contributed by atoms with Crippen molar-refractivity contribution in [2.75, 3.05) is 0 Å². The van der Waals surface area contributed by atoms with E-state index >= 15 is 0 Å². The summed E-state index contributed by atoms with van der Waals surface area (Å²) in [5.41, 5.74) is 0. The first kappa shape index (κ1) is 24.3. The summed E-state index contributed by atoms with van der Waals surface area (Å²) in [6.45, 7) is 4.61. The second-order valence-corrected chi connectivity index (χ2v) is 2.18. The van der Waals surface area contributed by atoms with Gasteiger partial charge in [-0.05, 0) is 19.3 Å². The van der Waals surface area contributed by atoms with Crippen LogP contribution in [0.2, 0.25) is 0 Å². The molecule has 0 heterocycles. The van der Waals surface area contributed by atoms with E-state index in [0.29, 0.717) is 0 Å². The number of carboxylic acid groups (broad SMARTS) is 3. The van der Waals surface area contributed by atoms with E-state index in [2.05, 4.69) is 0 Å². The van der Waals surface area contributed by atoms with Crippen molar-refractivity contribution in [3.8, 4) is 0 Å². The quantitative estimate of drug-likeness (QED) is 0.527. The SMILES string of the molecule is CCC(=O)[O-].CCC(=O)[O-].CCC(=O)[O-].[Rh+3]. The van der Waals surface area contributed by atoms with Gasteiger partial charge in [-0.1, -0.05) is 20.8 Å². The van der Waals surface area contributed by atoms with E-state index in [-0.39, 0.29) is 38.7 Å². The summed E-state index contributed by atoms with van der Waals surface area (Å²) in [5, 5.41) is 27.8. The standard InChI is InChI=1S/3C3H6O2.Rh/c3*1-2-3(4)5;/h3*2H2,1H3,(H,4,5);/q;;;+3/p-3. The molecule has 0 rings (SSSR count). The van der Waals surface area contributed by atoms with Crippen molar-refractivity contribution in [3.63, 3.8) is 0 Å². The van der Waals surface area contributed by atoms with Crippen molar-refractivity contribution in [2.24, 2.45) is 0 Å². The summed E-state index contributed by atoms with van der Waals surface area (Å²) >= 11 is 0. The van der Waals surface area contributed by atoms with Crippen LogP contribution in [0.1, 0.15) is 40.0 Å². The fraction of sp³-hybridized carbons (Fsp3) is 0.667. The monoisotopic (exact) mass is 322 g/mol. The van der Waals surface area contributed by atoms with Gasteiger partial charge in [0.15, 0.2) is 0 Å². The normalized spacial score (nSPS) is 6.94. The molecule has 0 radical (unpaired) electrons. The van der Waals surface area contributed by atoms with E-state index in [0.717, 1.165) is 0 Å². The van der Waals surface area contributed by atoms with Crippen LogP contribution >= 0.6 is 0 Å². The second-order valence-electron chi connectivity index (χ2n) is 2.18. The van der Waals surface area contributed by atoms with Crippen molar-refractivity contribution >= 4 is 17.9 Å². The Hall–Kier alpha value is -0.967. The van der Waals surface area contributed by atoms with Gasteiger partial charge in [0.1, 0.15) is 0 Å². The summed E-state index contributed by atoms with van der Waals surface area (Å²) in [6.07, 6.45) is 0.333. The average molecular weight is 322 g/mol. The summed E-state index contributed by atoms with van der Waals surface area (Å²) in [7, 11) is 0.